The monoisotopic (exact) mass is 252 g/mol. The van der Waals surface area contributed by atoms with Crippen molar-refractivity contribution in [2.75, 3.05) is 0 Å². The Bertz CT molecular complexity index is 338. The second-order valence-electron chi connectivity index (χ2n) is 5.49. The Balaban J connectivity index is 1.89. The first-order valence-electron chi connectivity index (χ1n) is 6.87. The number of nitrogens with two attached hydrogens (primary N) is 1. The molecule has 1 heterocycles. The standard InChI is InChI=1S/C14H24N2S/c1-12-13(17-11-16-12)7-10-14(15)8-5-3-2-4-6-9-14/h11H,2-10,15H2,1H3. The highest BCUT2D eigenvalue weighted by Gasteiger charge is 2.25. The van der Waals surface area contributed by atoms with Gasteiger partial charge in [0.25, 0.3) is 0 Å². The van der Waals surface area contributed by atoms with Gasteiger partial charge in [0, 0.05) is 10.4 Å². The average Bonchev–Trinajstić information content (AvgIpc) is 2.68. The minimum absolute atomic E-state index is 0.0941. The number of thiazole rings is 1. The number of aryl methyl sites for hydroxylation is 2. The van der Waals surface area contributed by atoms with Crippen molar-refractivity contribution in [2.45, 2.75) is 70.3 Å². The SMILES string of the molecule is Cc1ncsc1CCC1(N)CCCCCCC1. The molecule has 0 unspecified atom stereocenters. The fraction of sp³-hybridized carbons (Fsp3) is 0.786. The molecule has 0 saturated heterocycles. The topological polar surface area (TPSA) is 38.9 Å². The van der Waals surface area contributed by atoms with Crippen molar-refractivity contribution in [1.82, 2.24) is 4.98 Å². The van der Waals surface area contributed by atoms with Crippen LogP contribution in [0, 0.1) is 6.92 Å². The van der Waals surface area contributed by atoms with Crippen LogP contribution in [-0.2, 0) is 6.42 Å². The molecule has 3 heteroatoms. The summed E-state index contributed by atoms with van der Waals surface area (Å²) in [7, 11) is 0. The zero-order chi connectivity index (χ0) is 12.1. The van der Waals surface area contributed by atoms with E-state index >= 15 is 0 Å². The summed E-state index contributed by atoms with van der Waals surface area (Å²) in [6, 6.07) is 0. The van der Waals surface area contributed by atoms with Gasteiger partial charge in [0.05, 0.1) is 11.2 Å². The lowest BCUT2D eigenvalue weighted by Crippen LogP contribution is -2.40. The van der Waals surface area contributed by atoms with Crippen LogP contribution in [-0.4, -0.2) is 10.5 Å². The molecular formula is C14H24N2S. The van der Waals surface area contributed by atoms with Crippen molar-refractivity contribution in [3.63, 3.8) is 0 Å². The molecular weight excluding hydrogens is 228 g/mol. The number of hydrogen-bond donors (Lipinski definition) is 1. The largest absolute Gasteiger partial charge is 0.325 e. The molecule has 1 aliphatic rings. The third-order valence-corrected chi connectivity index (χ3v) is 5.04. The van der Waals surface area contributed by atoms with Crippen LogP contribution in [0.15, 0.2) is 5.51 Å². The smallest absolute Gasteiger partial charge is 0.0797 e. The van der Waals surface area contributed by atoms with Crippen LogP contribution in [0.4, 0.5) is 0 Å². The van der Waals surface area contributed by atoms with E-state index in [1.807, 2.05) is 5.51 Å². The highest BCUT2D eigenvalue weighted by molar-refractivity contribution is 7.09. The fourth-order valence-electron chi connectivity index (χ4n) is 2.79. The third-order valence-electron chi connectivity index (χ3n) is 4.04. The van der Waals surface area contributed by atoms with Crippen molar-refractivity contribution >= 4 is 11.3 Å². The zero-order valence-corrected chi connectivity index (χ0v) is 11.7. The Hall–Kier alpha value is -0.410. The highest BCUT2D eigenvalue weighted by Crippen LogP contribution is 2.29. The predicted molar refractivity (Wildman–Crippen MR) is 74.4 cm³/mol. The fourth-order valence-corrected chi connectivity index (χ4v) is 3.57. The van der Waals surface area contributed by atoms with E-state index in [-0.39, 0.29) is 5.54 Å². The summed E-state index contributed by atoms with van der Waals surface area (Å²) in [6.07, 6.45) is 11.5. The van der Waals surface area contributed by atoms with Gasteiger partial charge in [0.15, 0.2) is 0 Å². The molecule has 2 N–H and O–H groups in total. The van der Waals surface area contributed by atoms with E-state index in [2.05, 4.69) is 11.9 Å². The summed E-state index contributed by atoms with van der Waals surface area (Å²) in [5.41, 5.74) is 9.82. The molecule has 1 aromatic heterocycles. The first kappa shape index (κ1) is 13.0. The van der Waals surface area contributed by atoms with Crippen LogP contribution >= 0.6 is 11.3 Å². The molecule has 0 radical (unpaired) electrons. The van der Waals surface area contributed by atoms with Crippen molar-refractivity contribution in [3.8, 4) is 0 Å². The van der Waals surface area contributed by atoms with E-state index in [1.54, 1.807) is 11.3 Å². The lowest BCUT2D eigenvalue weighted by molar-refractivity contribution is 0.298. The molecule has 0 aliphatic heterocycles. The van der Waals surface area contributed by atoms with E-state index in [4.69, 9.17) is 5.73 Å². The summed E-state index contributed by atoms with van der Waals surface area (Å²) >= 11 is 1.78. The lowest BCUT2D eigenvalue weighted by Gasteiger charge is -2.31. The van der Waals surface area contributed by atoms with Gasteiger partial charge >= 0.3 is 0 Å². The van der Waals surface area contributed by atoms with Crippen LogP contribution < -0.4 is 5.73 Å². The number of rotatable bonds is 3. The number of hydrogen-bond acceptors (Lipinski definition) is 3. The normalized spacial score (nSPS) is 20.8. The van der Waals surface area contributed by atoms with E-state index < -0.39 is 0 Å². The first-order chi connectivity index (χ1) is 8.20. The molecule has 2 rings (SSSR count). The minimum Gasteiger partial charge on any atom is -0.325 e. The van der Waals surface area contributed by atoms with Gasteiger partial charge in [-0.3, -0.25) is 0 Å². The van der Waals surface area contributed by atoms with Gasteiger partial charge in [-0.05, 0) is 32.6 Å². The molecule has 1 aromatic rings. The molecule has 17 heavy (non-hydrogen) atoms. The van der Waals surface area contributed by atoms with E-state index in [0.29, 0.717) is 0 Å². The second-order valence-corrected chi connectivity index (χ2v) is 6.43. The molecule has 0 amide bonds. The van der Waals surface area contributed by atoms with Gasteiger partial charge < -0.3 is 5.73 Å². The Morgan fingerprint density at radius 1 is 1.24 bits per heavy atom. The van der Waals surface area contributed by atoms with Crippen molar-refractivity contribution in [1.29, 1.82) is 0 Å². The Morgan fingerprint density at radius 3 is 2.47 bits per heavy atom. The lowest BCUT2D eigenvalue weighted by atomic mass is 9.81. The van der Waals surface area contributed by atoms with Crippen molar-refractivity contribution < 1.29 is 0 Å². The Labute approximate surface area is 109 Å². The number of nitrogens with zero attached hydrogens (tertiary/aromatic N) is 1. The van der Waals surface area contributed by atoms with Gasteiger partial charge in [-0.25, -0.2) is 4.98 Å². The Morgan fingerprint density at radius 2 is 1.88 bits per heavy atom. The first-order valence-corrected chi connectivity index (χ1v) is 7.75. The molecule has 1 saturated carbocycles. The van der Waals surface area contributed by atoms with Gasteiger partial charge in [-0.2, -0.15) is 0 Å². The molecule has 0 aromatic carbocycles. The minimum atomic E-state index is 0.0941. The third kappa shape index (κ3) is 3.78. The van der Waals surface area contributed by atoms with Crippen LogP contribution in [0.2, 0.25) is 0 Å². The quantitative estimate of drug-likeness (QED) is 0.888. The van der Waals surface area contributed by atoms with E-state index in [1.165, 1.54) is 55.5 Å². The van der Waals surface area contributed by atoms with Crippen molar-refractivity contribution in [2.24, 2.45) is 5.73 Å². The maximum absolute atomic E-state index is 6.58. The van der Waals surface area contributed by atoms with Crippen LogP contribution in [0.3, 0.4) is 0 Å². The van der Waals surface area contributed by atoms with Crippen LogP contribution in [0.25, 0.3) is 0 Å². The highest BCUT2D eigenvalue weighted by atomic mass is 32.1. The van der Waals surface area contributed by atoms with Gasteiger partial charge in [-0.15, -0.1) is 11.3 Å². The van der Waals surface area contributed by atoms with Crippen LogP contribution in [0.1, 0.15) is 61.9 Å². The molecule has 96 valence electrons. The van der Waals surface area contributed by atoms with Gasteiger partial charge in [-0.1, -0.05) is 32.1 Å². The zero-order valence-electron chi connectivity index (χ0n) is 10.9. The van der Waals surface area contributed by atoms with Gasteiger partial charge in [0.2, 0.25) is 0 Å². The molecule has 1 fully saturated rings. The van der Waals surface area contributed by atoms with Crippen LogP contribution in [0.5, 0.6) is 0 Å². The summed E-state index contributed by atoms with van der Waals surface area (Å²) in [6.45, 7) is 2.10. The second kappa shape index (κ2) is 5.96. The maximum Gasteiger partial charge on any atom is 0.0797 e. The van der Waals surface area contributed by atoms with Gasteiger partial charge in [0.1, 0.15) is 0 Å². The molecule has 1 aliphatic carbocycles. The summed E-state index contributed by atoms with van der Waals surface area (Å²) in [5.74, 6) is 0. The van der Waals surface area contributed by atoms with E-state index in [9.17, 15) is 0 Å². The summed E-state index contributed by atoms with van der Waals surface area (Å²) < 4.78 is 0. The molecule has 2 nitrogen and oxygen atoms in total. The molecule has 0 atom stereocenters. The Kier molecular flexibility index (Phi) is 4.57. The molecule has 0 bridgehead atoms. The predicted octanol–water partition coefficient (Wildman–Crippen LogP) is 3.83. The molecule has 0 spiro atoms. The average molecular weight is 252 g/mol. The van der Waals surface area contributed by atoms with E-state index in [0.717, 1.165) is 12.8 Å². The summed E-state index contributed by atoms with van der Waals surface area (Å²) in [5, 5.41) is 0. The van der Waals surface area contributed by atoms with Crippen molar-refractivity contribution in [3.05, 3.63) is 16.1 Å². The number of aromatic nitrogens is 1. The maximum atomic E-state index is 6.58. The summed E-state index contributed by atoms with van der Waals surface area (Å²) in [4.78, 5) is 5.74.